The van der Waals surface area contributed by atoms with E-state index in [1.54, 1.807) is 11.6 Å². The summed E-state index contributed by atoms with van der Waals surface area (Å²) in [6.45, 7) is 4.40. The van der Waals surface area contributed by atoms with E-state index in [1.807, 2.05) is 36.4 Å². The van der Waals surface area contributed by atoms with Crippen LogP contribution in [0.4, 0.5) is 0 Å². The Labute approximate surface area is 152 Å². The van der Waals surface area contributed by atoms with E-state index < -0.39 is 5.91 Å². The molecule has 3 N–H and O–H groups in total. The lowest BCUT2D eigenvalue weighted by atomic mass is 10.2. The first-order valence-corrected chi connectivity index (χ1v) is 8.57. The van der Waals surface area contributed by atoms with Crippen LogP contribution < -0.4 is 10.8 Å². The van der Waals surface area contributed by atoms with Crippen molar-refractivity contribution in [2.45, 2.75) is 26.6 Å². The molecule has 0 aliphatic heterocycles. The van der Waals surface area contributed by atoms with Crippen molar-refractivity contribution in [1.82, 2.24) is 20.3 Å². The number of fused-ring (bicyclic) bond motifs is 1. The highest BCUT2D eigenvalue weighted by Crippen LogP contribution is 2.19. The number of aryl methyl sites for hydroxylation is 1. The SMILES string of the molecule is CCn1c(CNCc2ccccc2)nc2cc(/C=C/C(=O)NO)ccc21. The van der Waals surface area contributed by atoms with E-state index in [0.29, 0.717) is 6.54 Å². The van der Waals surface area contributed by atoms with Crippen molar-refractivity contribution < 1.29 is 10.0 Å². The van der Waals surface area contributed by atoms with Crippen molar-refractivity contribution in [1.29, 1.82) is 0 Å². The average molecular weight is 350 g/mol. The molecule has 6 nitrogen and oxygen atoms in total. The second-order valence-electron chi connectivity index (χ2n) is 5.92. The Morgan fingerprint density at radius 3 is 2.73 bits per heavy atom. The Morgan fingerprint density at radius 1 is 1.19 bits per heavy atom. The summed E-state index contributed by atoms with van der Waals surface area (Å²) >= 11 is 0. The van der Waals surface area contributed by atoms with E-state index in [-0.39, 0.29) is 0 Å². The molecule has 0 saturated carbocycles. The number of rotatable bonds is 7. The van der Waals surface area contributed by atoms with Gasteiger partial charge in [-0.1, -0.05) is 36.4 Å². The van der Waals surface area contributed by atoms with Crippen molar-refractivity contribution in [2.24, 2.45) is 0 Å². The zero-order chi connectivity index (χ0) is 18.4. The number of nitrogens with zero attached hydrogens (tertiary/aromatic N) is 2. The maximum Gasteiger partial charge on any atom is 0.267 e. The molecular weight excluding hydrogens is 328 g/mol. The second-order valence-corrected chi connectivity index (χ2v) is 5.92. The van der Waals surface area contributed by atoms with E-state index in [0.717, 1.165) is 35.5 Å². The van der Waals surface area contributed by atoms with Crippen LogP contribution in [0.15, 0.2) is 54.6 Å². The molecule has 0 saturated heterocycles. The Hall–Kier alpha value is -2.96. The van der Waals surface area contributed by atoms with Crippen molar-refractivity contribution in [2.75, 3.05) is 0 Å². The third-order valence-corrected chi connectivity index (χ3v) is 4.16. The summed E-state index contributed by atoms with van der Waals surface area (Å²) in [5, 5.41) is 12.0. The number of imidazole rings is 1. The number of hydrogen-bond acceptors (Lipinski definition) is 4. The number of carbonyl (C=O) groups excluding carboxylic acids is 1. The summed E-state index contributed by atoms with van der Waals surface area (Å²) in [7, 11) is 0. The molecule has 134 valence electrons. The first-order chi connectivity index (χ1) is 12.7. The minimum Gasteiger partial charge on any atom is -0.327 e. The van der Waals surface area contributed by atoms with Crippen LogP contribution in [0.3, 0.4) is 0 Å². The van der Waals surface area contributed by atoms with Crippen molar-refractivity contribution in [3.05, 3.63) is 71.6 Å². The molecule has 0 aliphatic rings. The molecule has 0 unspecified atom stereocenters. The van der Waals surface area contributed by atoms with E-state index >= 15 is 0 Å². The van der Waals surface area contributed by atoms with Crippen LogP contribution >= 0.6 is 0 Å². The number of aromatic nitrogens is 2. The van der Waals surface area contributed by atoms with Gasteiger partial charge in [0, 0.05) is 19.2 Å². The van der Waals surface area contributed by atoms with Gasteiger partial charge < -0.3 is 9.88 Å². The largest absolute Gasteiger partial charge is 0.327 e. The smallest absolute Gasteiger partial charge is 0.267 e. The van der Waals surface area contributed by atoms with Crippen LogP contribution in [0.5, 0.6) is 0 Å². The maximum atomic E-state index is 11.1. The molecule has 0 bridgehead atoms. The molecule has 0 fully saturated rings. The van der Waals surface area contributed by atoms with E-state index in [4.69, 9.17) is 10.2 Å². The van der Waals surface area contributed by atoms with E-state index in [9.17, 15) is 4.79 Å². The van der Waals surface area contributed by atoms with Crippen molar-refractivity contribution >= 4 is 23.0 Å². The fourth-order valence-electron chi connectivity index (χ4n) is 2.91. The molecule has 0 radical (unpaired) electrons. The number of hydroxylamine groups is 1. The van der Waals surface area contributed by atoms with E-state index in [2.05, 4.69) is 28.9 Å². The summed E-state index contributed by atoms with van der Waals surface area (Å²) in [5.74, 6) is 0.419. The van der Waals surface area contributed by atoms with Crippen molar-refractivity contribution in [3.8, 4) is 0 Å². The van der Waals surface area contributed by atoms with Crippen LogP contribution in [0, 0.1) is 0 Å². The standard InChI is InChI=1S/C20H22N4O2/c1-2-24-18-10-8-15(9-11-20(25)23-26)12-17(18)22-19(24)14-21-13-16-6-4-3-5-7-16/h3-12,21,26H,2,13-14H2,1H3,(H,23,25)/b11-9+. The summed E-state index contributed by atoms with van der Waals surface area (Å²) < 4.78 is 2.18. The topological polar surface area (TPSA) is 79.2 Å². The Balaban J connectivity index is 1.77. The lowest BCUT2D eigenvalue weighted by Gasteiger charge is -2.07. The molecular formula is C20H22N4O2. The van der Waals surface area contributed by atoms with Gasteiger partial charge in [0.15, 0.2) is 0 Å². The summed E-state index contributed by atoms with van der Waals surface area (Å²) in [6.07, 6.45) is 2.92. The van der Waals surface area contributed by atoms with Gasteiger partial charge in [-0.3, -0.25) is 10.0 Å². The number of carbonyl (C=O) groups is 1. The molecule has 1 amide bonds. The number of benzene rings is 2. The molecule has 3 rings (SSSR count). The molecule has 0 spiro atoms. The summed E-state index contributed by atoms with van der Waals surface area (Å²) in [6, 6.07) is 16.1. The lowest BCUT2D eigenvalue weighted by molar-refractivity contribution is -0.124. The van der Waals surface area contributed by atoms with Gasteiger partial charge in [0.1, 0.15) is 5.82 Å². The first-order valence-electron chi connectivity index (χ1n) is 8.57. The van der Waals surface area contributed by atoms with Gasteiger partial charge in [0.05, 0.1) is 17.6 Å². The number of amides is 1. The van der Waals surface area contributed by atoms with Gasteiger partial charge in [-0.2, -0.15) is 0 Å². The summed E-state index contributed by atoms with van der Waals surface area (Å²) in [5.41, 5.74) is 5.61. The molecule has 1 heterocycles. The molecule has 6 heteroatoms. The van der Waals surface area contributed by atoms with Gasteiger partial charge in [-0.15, -0.1) is 0 Å². The fourth-order valence-corrected chi connectivity index (χ4v) is 2.91. The molecule has 3 aromatic rings. The highest BCUT2D eigenvalue weighted by Gasteiger charge is 2.09. The highest BCUT2D eigenvalue weighted by molar-refractivity contribution is 5.91. The zero-order valence-corrected chi connectivity index (χ0v) is 14.6. The van der Waals surface area contributed by atoms with Crippen LogP contribution in [0.2, 0.25) is 0 Å². The fraction of sp³-hybridized carbons (Fsp3) is 0.200. The Morgan fingerprint density at radius 2 is 2.00 bits per heavy atom. The molecule has 0 atom stereocenters. The Kier molecular flexibility index (Phi) is 5.78. The van der Waals surface area contributed by atoms with Crippen LogP contribution in [-0.2, 0) is 24.4 Å². The van der Waals surface area contributed by atoms with Crippen LogP contribution in [0.1, 0.15) is 23.9 Å². The van der Waals surface area contributed by atoms with Gasteiger partial charge >= 0.3 is 0 Å². The average Bonchev–Trinajstić information content (AvgIpc) is 3.03. The van der Waals surface area contributed by atoms with Gasteiger partial charge in [-0.25, -0.2) is 10.5 Å². The van der Waals surface area contributed by atoms with Gasteiger partial charge in [0.25, 0.3) is 5.91 Å². The number of nitrogens with one attached hydrogen (secondary N) is 2. The molecule has 2 aromatic carbocycles. The third kappa shape index (κ3) is 4.17. The highest BCUT2D eigenvalue weighted by atomic mass is 16.5. The molecule has 1 aromatic heterocycles. The predicted molar refractivity (Wildman–Crippen MR) is 101 cm³/mol. The van der Waals surface area contributed by atoms with E-state index in [1.165, 1.54) is 11.6 Å². The molecule has 26 heavy (non-hydrogen) atoms. The Bertz CT molecular complexity index is 916. The van der Waals surface area contributed by atoms with Crippen LogP contribution in [0.25, 0.3) is 17.1 Å². The minimum atomic E-state index is -0.560. The lowest BCUT2D eigenvalue weighted by Crippen LogP contribution is -2.16. The molecule has 0 aliphatic carbocycles. The second kappa shape index (κ2) is 8.42. The maximum absolute atomic E-state index is 11.1. The van der Waals surface area contributed by atoms with Gasteiger partial charge in [0.2, 0.25) is 0 Å². The quantitative estimate of drug-likeness (QED) is 0.348. The minimum absolute atomic E-state index is 0.560. The number of hydrogen-bond donors (Lipinski definition) is 3. The van der Waals surface area contributed by atoms with Gasteiger partial charge in [-0.05, 0) is 36.3 Å². The predicted octanol–water partition coefficient (Wildman–Crippen LogP) is 2.86. The van der Waals surface area contributed by atoms with Crippen LogP contribution in [-0.4, -0.2) is 20.7 Å². The zero-order valence-electron chi connectivity index (χ0n) is 14.6. The third-order valence-electron chi connectivity index (χ3n) is 4.16. The first kappa shape index (κ1) is 17.8. The monoisotopic (exact) mass is 350 g/mol. The summed E-state index contributed by atoms with van der Waals surface area (Å²) in [4.78, 5) is 15.9. The normalized spacial score (nSPS) is 11.3. The van der Waals surface area contributed by atoms with Crippen molar-refractivity contribution in [3.63, 3.8) is 0 Å².